The van der Waals surface area contributed by atoms with Gasteiger partial charge in [0.25, 0.3) is 0 Å². The number of hydrogen-bond acceptors (Lipinski definition) is 3. The molecule has 0 spiro atoms. The Balaban J connectivity index is 3.17. The summed E-state index contributed by atoms with van der Waals surface area (Å²) < 4.78 is 0. The average Bonchev–Trinajstić information content (AvgIpc) is 2.30. The van der Waals surface area contributed by atoms with Gasteiger partial charge in [-0.3, -0.25) is 0 Å². The summed E-state index contributed by atoms with van der Waals surface area (Å²) >= 11 is 0. The maximum Gasteiger partial charge on any atom is 0.376 e. The Bertz CT molecular complexity index is 341. The van der Waals surface area contributed by atoms with E-state index in [1.807, 2.05) is 0 Å². The van der Waals surface area contributed by atoms with Gasteiger partial charge in [0.2, 0.25) is 5.69 Å². The number of nitrogens with zero attached hydrogens (tertiary/aromatic N) is 1. The zero-order valence-corrected chi connectivity index (χ0v) is 6.20. The lowest BCUT2D eigenvalue weighted by molar-refractivity contribution is -0.389. The lowest BCUT2D eigenvalue weighted by Gasteiger charge is -1.86. The Kier molecular flexibility index (Phi) is 1.82. The van der Waals surface area contributed by atoms with Crippen LogP contribution >= 0.6 is 0 Å². The second-order valence-corrected chi connectivity index (χ2v) is 2.27. The van der Waals surface area contributed by atoms with Gasteiger partial charge in [-0.25, -0.2) is 9.78 Å². The zero-order valence-electron chi connectivity index (χ0n) is 6.20. The van der Waals surface area contributed by atoms with Gasteiger partial charge in [-0.15, -0.1) is 0 Å². The van der Waals surface area contributed by atoms with Crippen molar-refractivity contribution in [1.82, 2.24) is 4.98 Å². The number of aromatic nitrogens is 1. The molecule has 0 aliphatic rings. The van der Waals surface area contributed by atoms with Gasteiger partial charge < -0.3 is 15.2 Å². The smallest absolute Gasteiger partial charge is 0.376 e. The third-order valence-electron chi connectivity index (χ3n) is 1.41. The third kappa shape index (κ3) is 1.26. The van der Waals surface area contributed by atoms with E-state index in [0.717, 1.165) is 0 Å². The molecule has 0 unspecified atom stereocenters. The number of aryl methyl sites for hydroxylation is 1. The van der Waals surface area contributed by atoms with Crippen molar-refractivity contribution in [2.75, 3.05) is 0 Å². The minimum absolute atomic E-state index is 0.137. The van der Waals surface area contributed by atoms with Gasteiger partial charge in [0.1, 0.15) is 0 Å². The van der Waals surface area contributed by atoms with E-state index >= 15 is 0 Å². The highest BCUT2D eigenvalue weighted by molar-refractivity contribution is 5.87. The average molecular weight is 170 g/mol. The summed E-state index contributed by atoms with van der Waals surface area (Å²) in [4.78, 5) is 22.1. The number of carbonyl (C=O) groups is 1. The van der Waals surface area contributed by atoms with Crippen LogP contribution < -0.4 is 0 Å². The van der Waals surface area contributed by atoms with Crippen LogP contribution in [0.2, 0.25) is 0 Å². The number of carboxylic acid groups (broad SMARTS) is 1. The molecule has 0 fully saturated rings. The molecular formula is C6H6N2O4. The molecule has 0 saturated heterocycles. The van der Waals surface area contributed by atoms with Crippen molar-refractivity contribution in [1.29, 1.82) is 0 Å². The Labute approximate surface area is 67.0 Å². The molecule has 0 aliphatic heterocycles. The van der Waals surface area contributed by atoms with Crippen LogP contribution in [-0.4, -0.2) is 21.0 Å². The number of aromatic amines is 1. The number of nitro groups is 1. The maximum atomic E-state index is 10.4. The lowest BCUT2D eigenvalue weighted by Crippen LogP contribution is -1.98. The van der Waals surface area contributed by atoms with Crippen LogP contribution in [-0.2, 0) is 0 Å². The van der Waals surface area contributed by atoms with Gasteiger partial charge in [-0.1, -0.05) is 0 Å². The number of aromatic carboxylic acids is 1. The van der Waals surface area contributed by atoms with Crippen molar-refractivity contribution in [3.63, 3.8) is 0 Å². The van der Waals surface area contributed by atoms with E-state index in [0.29, 0.717) is 5.56 Å². The fourth-order valence-electron chi connectivity index (χ4n) is 0.860. The summed E-state index contributed by atoms with van der Waals surface area (Å²) in [6.07, 6.45) is 0. The van der Waals surface area contributed by atoms with Crippen molar-refractivity contribution in [2.24, 2.45) is 0 Å². The van der Waals surface area contributed by atoms with E-state index in [1.54, 1.807) is 0 Å². The number of carboxylic acids is 1. The van der Waals surface area contributed by atoms with Crippen molar-refractivity contribution < 1.29 is 14.8 Å². The largest absolute Gasteiger partial charge is 0.475 e. The van der Waals surface area contributed by atoms with Crippen molar-refractivity contribution >= 4 is 11.8 Å². The maximum absolute atomic E-state index is 10.4. The van der Waals surface area contributed by atoms with Crippen molar-refractivity contribution in [3.8, 4) is 0 Å². The lowest BCUT2D eigenvalue weighted by atomic mass is 10.3. The summed E-state index contributed by atoms with van der Waals surface area (Å²) in [5.74, 6) is -1.49. The van der Waals surface area contributed by atoms with Crippen molar-refractivity contribution in [3.05, 3.63) is 27.4 Å². The molecule has 0 saturated carbocycles. The second kappa shape index (κ2) is 2.65. The highest BCUT2D eigenvalue weighted by Crippen LogP contribution is 2.15. The molecular weight excluding hydrogens is 164 g/mol. The molecule has 1 heterocycles. The molecule has 0 atom stereocenters. The summed E-state index contributed by atoms with van der Waals surface area (Å²) in [5.41, 5.74) is 0.218. The van der Waals surface area contributed by atoms with E-state index < -0.39 is 10.9 Å². The third-order valence-corrected chi connectivity index (χ3v) is 1.41. The number of rotatable bonds is 2. The molecule has 1 rings (SSSR count). The summed E-state index contributed by atoms with van der Waals surface area (Å²) in [6, 6.07) is 1.18. The molecule has 6 nitrogen and oxygen atoms in total. The molecule has 12 heavy (non-hydrogen) atoms. The molecule has 1 aromatic heterocycles. The Morgan fingerprint density at radius 2 is 2.33 bits per heavy atom. The van der Waals surface area contributed by atoms with Crippen LogP contribution in [0.4, 0.5) is 5.82 Å². The zero-order chi connectivity index (χ0) is 9.30. The van der Waals surface area contributed by atoms with E-state index in [4.69, 9.17) is 5.11 Å². The van der Waals surface area contributed by atoms with Gasteiger partial charge in [-0.05, 0) is 11.8 Å². The van der Waals surface area contributed by atoms with Crippen LogP contribution in [0.25, 0.3) is 0 Å². The van der Waals surface area contributed by atoms with E-state index in [2.05, 4.69) is 4.98 Å². The standard InChI is InChI=1S/C6H6N2O4/c1-3-2-4(8(11)12)7-5(3)6(9)10/h2,7H,1H3,(H,9,10). The number of H-pyrrole nitrogens is 1. The quantitative estimate of drug-likeness (QED) is 0.509. The van der Waals surface area contributed by atoms with Gasteiger partial charge in [0, 0.05) is 11.6 Å². The Hall–Kier alpha value is -1.85. The minimum atomic E-state index is -1.19. The first kappa shape index (κ1) is 8.25. The van der Waals surface area contributed by atoms with E-state index in [9.17, 15) is 14.9 Å². The molecule has 0 aliphatic carbocycles. The van der Waals surface area contributed by atoms with Crippen molar-refractivity contribution in [2.45, 2.75) is 6.92 Å². The number of nitrogens with one attached hydrogen (secondary N) is 1. The fourth-order valence-corrected chi connectivity index (χ4v) is 0.860. The van der Waals surface area contributed by atoms with Crippen LogP contribution in [0.1, 0.15) is 16.1 Å². The first-order chi connectivity index (χ1) is 5.52. The molecule has 0 radical (unpaired) electrons. The Morgan fingerprint density at radius 1 is 1.75 bits per heavy atom. The van der Waals surface area contributed by atoms with E-state index in [1.165, 1.54) is 13.0 Å². The molecule has 64 valence electrons. The first-order valence-electron chi connectivity index (χ1n) is 3.09. The molecule has 2 N–H and O–H groups in total. The predicted molar refractivity (Wildman–Crippen MR) is 39.1 cm³/mol. The SMILES string of the molecule is Cc1cc([N+](=O)[O-])[nH]c1C(=O)O. The van der Waals surface area contributed by atoms with Gasteiger partial charge in [-0.2, -0.15) is 0 Å². The van der Waals surface area contributed by atoms with Crippen LogP contribution in [0.15, 0.2) is 6.07 Å². The normalized spacial score (nSPS) is 9.75. The predicted octanol–water partition coefficient (Wildman–Crippen LogP) is 0.930. The number of hydrogen-bond donors (Lipinski definition) is 2. The molecule has 1 aromatic rings. The van der Waals surface area contributed by atoms with E-state index in [-0.39, 0.29) is 11.5 Å². The topological polar surface area (TPSA) is 96.2 Å². The monoisotopic (exact) mass is 170 g/mol. The summed E-state index contributed by atoms with van der Waals surface area (Å²) in [5, 5.41) is 18.7. The van der Waals surface area contributed by atoms with Gasteiger partial charge in [0.15, 0.2) is 0 Å². The highest BCUT2D eigenvalue weighted by atomic mass is 16.6. The summed E-state index contributed by atoms with van der Waals surface area (Å²) in [6.45, 7) is 1.49. The highest BCUT2D eigenvalue weighted by Gasteiger charge is 2.18. The molecule has 0 bridgehead atoms. The van der Waals surface area contributed by atoms with Gasteiger partial charge in [0.05, 0.1) is 0 Å². The summed E-state index contributed by atoms with van der Waals surface area (Å²) in [7, 11) is 0. The molecule has 0 aromatic carbocycles. The Morgan fingerprint density at radius 3 is 2.58 bits per heavy atom. The van der Waals surface area contributed by atoms with Crippen LogP contribution in [0, 0.1) is 17.0 Å². The fraction of sp³-hybridized carbons (Fsp3) is 0.167. The van der Waals surface area contributed by atoms with Gasteiger partial charge >= 0.3 is 11.8 Å². The molecule has 0 amide bonds. The minimum Gasteiger partial charge on any atom is -0.475 e. The first-order valence-corrected chi connectivity index (χ1v) is 3.09. The second-order valence-electron chi connectivity index (χ2n) is 2.27. The molecule has 6 heteroatoms. The van der Waals surface area contributed by atoms with Crippen LogP contribution in [0.5, 0.6) is 0 Å². The van der Waals surface area contributed by atoms with Crippen LogP contribution in [0.3, 0.4) is 0 Å².